The van der Waals surface area contributed by atoms with Crippen LogP contribution in [0.5, 0.6) is 5.75 Å². The maximum Gasteiger partial charge on any atom is 0.123 e. The molecule has 1 N–H and O–H groups in total. The van der Waals surface area contributed by atoms with E-state index in [0.717, 1.165) is 15.7 Å². The third-order valence-corrected chi connectivity index (χ3v) is 4.98. The quantitative estimate of drug-likeness (QED) is 0.501. The molecule has 0 bridgehead atoms. The second kappa shape index (κ2) is 5.39. The molecule has 0 radical (unpaired) electrons. The minimum atomic E-state index is 0.331. The highest BCUT2D eigenvalue weighted by Gasteiger charge is 2.08. The van der Waals surface area contributed by atoms with Crippen molar-refractivity contribution in [2.45, 2.75) is 9.79 Å². The standard InChI is InChI=1S/C20H14OS/c21-18-12-13-20(17-10-4-3-9-16(17)18)22-19-11-5-7-14-6-1-2-8-15(14)19/h1-13,21H. The Kier molecular flexibility index (Phi) is 3.24. The van der Waals surface area contributed by atoms with Gasteiger partial charge in [-0.05, 0) is 34.4 Å². The van der Waals surface area contributed by atoms with Crippen LogP contribution in [0.4, 0.5) is 0 Å². The van der Waals surface area contributed by atoms with E-state index in [9.17, 15) is 5.11 Å². The Bertz CT molecular complexity index is 970. The molecule has 1 nitrogen and oxygen atoms in total. The first-order chi connectivity index (χ1) is 10.8. The summed E-state index contributed by atoms with van der Waals surface area (Å²) >= 11 is 1.74. The van der Waals surface area contributed by atoms with Crippen LogP contribution in [0.1, 0.15) is 0 Å². The van der Waals surface area contributed by atoms with Gasteiger partial charge in [0.25, 0.3) is 0 Å². The van der Waals surface area contributed by atoms with Crippen LogP contribution in [0, 0.1) is 0 Å². The molecule has 0 atom stereocenters. The molecule has 0 fully saturated rings. The number of aromatic hydroxyl groups is 1. The molecule has 2 heteroatoms. The molecule has 106 valence electrons. The van der Waals surface area contributed by atoms with E-state index in [-0.39, 0.29) is 0 Å². The average Bonchev–Trinajstić information content (AvgIpc) is 2.58. The van der Waals surface area contributed by atoms with Gasteiger partial charge in [-0.2, -0.15) is 0 Å². The van der Waals surface area contributed by atoms with Crippen LogP contribution in [-0.2, 0) is 0 Å². The summed E-state index contributed by atoms with van der Waals surface area (Å²) in [4.78, 5) is 2.39. The highest BCUT2D eigenvalue weighted by Crippen LogP contribution is 2.39. The third kappa shape index (κ3) is 2.22. The summed E-state index contributed by atoms with van der Waals surface area (Å²) in [5.74, 6) is 0.331. The highest BCUT2D eigenvalue weighted by molar-refractivity contribution is 7.99. The summed E-state index contributed by atoms with van der Waals surface area (Å²) in [6, 6.07) is 26.5. The Balaban J connectivity index is 1.88. The average molecular weight is 302 g/mol. The van der Waals surface area contributed by atoms with Gasteiger partial charge in [0.2, 0.25) is 0 Å². The molecule has 0 aliphatic carbocycles. The topological polar surface area (TPSA) is 20.2 Å². The Hall–Kier alpha value is -2.45. The van der Waals surface area contributed by atoms with Gasteiger partial charge in [0.15, 0.2) is 0 Å². The van der Waals surface area contributed by atoms with E-state index in [0.29, 0.717) is 5.75 Å². The number of phenolic OH excluding ortho intramolecular Hbond substituents is 1. The molecule has 4 rings (SSSR count). The molecule has 0 amide bonds. The van der Waals surface area contributed by atoms with Crippen LogP contribution in [0.25, 0.3) is 21.5 Å². The van der Waals surface area contributed by atoms with Crippen molar-refractivity contribution in [1.82, 2.24) is 0 Å². The van der Waals surface area contributed by atoms with E-state index in [1.165, 1.54) is 15.7 Å². The van der Waals surface area contributed by atoms with Crippen molar-refractivity contribution >= 4 is 33.3 Å². The third-order valence-electron chi connectivity index (χ3n) is 3.83. The van der Waals surface area contributed by atoms with E-state index in [1.807, 2.05) is 24.3 Å². The smallest absolute Gasteiger partial charge is 0.123 e. The summed E-state index contributed by atoms with van der Waals surface area (Å²) in [6.07, 6.45) is 0. The number of hydrogen-bond donors (Lipinski definition) is 1. The van der Waals surface area contributed by atoms with Gasteiger partial charge < -0.3 is 5.11 Å². The second-order valence-corrected chi connectivity index (χ2v) is 6.29. The molecule has 0 aliphatic heterocycles. The summed E-state index contributed by atoms with van der Waals surface area (Å²) in [6.45, 7) is 0. The van der Waals surface area contributed by atoms with Crippen LogP contribution in [0.15, 0.2) is 88.7 Å². The normalized spacial score (nSPS) is 11.1. The van der Waals surface area contributed by atoms with Gasteiger partial charge in [-0.3, -0.25) is 0 Å². The van der Waals surface area contributed by atoms with Crippen molar-refractivity contribution in [2.24, 2.45) is 0 Å². The number of phenols is 1. The summed E-state index contributed by atoms with van der Waals surface area (Å²) in [5, 5.41) is 14.5. The largest absolute Gasteiger partial charge is 0.507 e. The zero-order valence-electron chi connectivity index (χ0n) is 11.9. The summed E-state index contributed by atoms with van der Waals surface area (Å²) in [5.41, 5.74) is 0. The fourth-order valence-corrected chi connectivity index (χ4v) is 3.85. The maximum atomic E-state index is 10.0. The lowest BCUT2D eigenvalue weighted by Gasteiger charge is -2.10. The highest BCUT2D eigenvalue weighted by atomic mass is 32.2. The Morgan fingerprint density at radius 3 is 2.05 bits per heavy atom. The lowest BCUT2D eigenvalue weighted by molar-refractivity contribution is 0.481. The van der Waals surface area contributed by atoms with Gasteiger partial charge in [0, 0.05) is 15.2 Å². The molecule has 4 aromatic carbocycles. The summed E-state index contributed by atoms with van der Waals surface area (Å²) < 4.78 is 0. The zero-order valence-corrected chi connectivity index (χ0v) is 12.7. The van der Waals surface area contributed by atoms with E-state index in [2.05, 4.69) is 48.5 Å². The van der Waals surface area contributed by atoms with Crippen LogP contribution >= 0.6 is 11.8 Å². The van der Waals surface area contributed by atoms with Gasteiger partial charge in [0.05, 0.1) is 0 Å². The number of hydrogen-bond acceptors (Lipinski definition) is 2. The fraction of sp³-hybridized carbons (Fsp3) is 0. The van der Waals surface area contributed by atoms with Crippen molar-refractivity contribution in [2.75, 3.05) is 0 Å². The predicted octanol–water partition coefficient (Wildman–Crippen LogP) is 5.85. The van der Waals surface area contributed by atoms with Crippen LogP contribution < -0.4 is 0 Å². The SMILES string of the molecule is Oc1ccc(Sc2cccc3ccccc23)c2ccccc12. The van der Waals surface area contributed by atoms with Crippen molar-refractivity contribution < 1.29 is 5.11 Å². The zero-order chi connectivity index (χ0) is 14.9. The molecule has 0 saturated heterocycles. The molecular formula is C20H14OS. The monoisotopic (exact) mass is 302 g/mol. The van der Waals surface area contributed by atoms with Crippen molar-refractivity contribution in [3.8, 4) is 5.75 Å². The molecule has 22 heavy (non-hydrogen) atoms. The van der Waals surface area contributed by atoms with E-state index in [4.69, 9.17) is 0 Å². The minimum absolute atomic E-state index is 0.331. The van der Waals surface area contributed by atoms with Crippen LogP contribution in [0.2, 0.25) is 0 Å². The van der Waals surface area contributed by atoms with Crippen LogP contribution in [-0.4, -0.2) is 5.11 Å². The Morgan fingerprint density at radius 2 is 1.18 bits per heavy atom. The molecule has 0 aromatic heterocycles. The van der Waals surface area contributed by atoms with E-state index in [1.54, 1.807) is 17.8 Å². The lowest BCUT2D eigenvalue weighted by Crippen LogP contribution is -1.81. The van der Waals surface area contributed by atoms with Crippen molar-refractivity contribution in [3.63, 3.8) is 0 Å². The van der Waals surface area contributed by atoms with Gasteiger partial charge >= 0.3 is 0 Å². The van der Waals surface area contributed by atoms with Gasteiger partial charge in [-0.15, -0.1) is 0 Å². The molecule has 4 aromatic rings. The molecule has 0 aliphatic rings. The van der Waals surface area contributed by atoms with Gasteiger partial charge in [0.1, 0.15) is 5.75 Å². The number of rotatable bonds is 2. The molecule has 0 unspecified atom stereocenters. The fourth-order valence-electron chi connectivity index (χ4n) is 2.75. The Labute approximate surface area is 133 Å². The summed E-state index contributed by atoms with van der Waals surface area (Å²) in [7, 11) is 0. The van der Waals surface area contributed by atoms with Crippen LogP contribution in [0.3, 0.4) is 0 Å². The first kappa shape index (κ1) is 13.2. The van der Waals surface area contributed by atoms with E-state index >= 15 is 0 Å². The van der Waals surface area contributed by atoms with Gasteiger partial charge in [-0.25, -0.2) is 0 Å². The Morgan fingerprint density at radius 1 is 0.545 bits per heavy atom. The van der Waals surface area contributed by atoms with E-state index < -0.39 is 0 Å². The number of benzene rings is 4. The van der Waals surface area contributed by atoms with Gasteiger partial charge in [-0.1, -0.05) is 72.4 Å². The maximum absolute atomic E-state index is 10.0. The predicted molar refractivity (Wildman–Crippen MR) is 93.7 cm³/mol. The number of fused-ring (bicyclic) bond motifs is 2. The molecular weight excluding hydrogens is 288 g/mol. The molecule has 0 spiro atoms. The minimum Gasteiger partial charge on any atom is -0.507 e. The first-order valence-corrected chi connectivity index (χ1v) is 8.01. The molecule has 0 saturated carbocycles. The second-order valence-electron chi connectivity index (χ2n) is 5.21. The van der Waals surface area contributed by atoms with Crippen molar-refractivity contribution in [3.05, 3.63) is 78.9 Å². The molecule has 0 heterocycles. The van der Waals surface area contributed by atoms with Crippen molar-refractivity contribution in [1.29, 1.82) is 0 Å². The lowest BCUT2D eigenvalue weighted by atomic mass is 10.1. The first-order valence-electron chi connectivity index (χ1n) is 7.19.